The molecular formula is C15H18ClN3O2S. The van der Waals surface area contributed by atoms with Crippen molar-refractivity contribution in [1.29, 1.82) is 0 Å². The lowest BCUT2D eigenvalue weighted by Gasteiger charge is -2.17. The summed E-state index contributed by atoms with van der Waals surface area (Å²) in [5.41, 5.74) is 2.56. The van der Waals surface area contributed by atoms with Gasteiger partial charge in [-0.2, -0.15) is 0 Å². The van der Waals surface area contributed by atoms with Crippen molar-refractivity contribution in [2.45, 2.75) is 11.3 Å². The van der Waals surface area contributed by atoms with Gasteiger partial charge in [-0.25, -0.2) is 0 Å². The number of halogens is 1. The molecule has 2 aliphatic rings. The molecule has 2 heterocycles. The predicted octanol–water partition coefficient (Wildman–Crippen LogP) is 1.80. The van der Waals surface area contributed by atoms with Crippen LogP contribution in [0.4, 0.5) is 5.69 Å². The number of anilines is 1. The quantitative estimate of drug-likeness (QED) is 0.734. The predicted molar refractivity (Wildman–Crippen MR) is 90.9 cm³/mol. The van der Waals surface area contributed by atoms with Crippen molar-refractivity contribution in [2.75, 3.05) is 30.7 Å². The molecule has 0 fully saturated rings. The largest absolute Gasteiger partial charge is 0.348 e. The van der Waals surface area contributed by atoms with Gasteiger partial charge in [-0.1, -0.05) is 11.6 Å². The summed E-state index contributed by atoms with van der Waals surface area (Å²) in [5.74, 6) is 0.299. The molecule has 5 nitrogen and oxygen atoms in total. The van der Waals surface area contributed by atoms with E-state index in [4.69, 9.17) is 0 Å². The van der Waals surface area contributed by atoms with Crippen LogP contribution in [0.15, 0.2) is 34.7 Å². The molecule has 0 unspecified atom stereocenters. The van der Waals surface area contributed by atoms with E-state index >= 15 is 0 Å². The standard InChI is InChI=1S/C15H17N3O2S.ClH/c19-14-9-21-13-2-1-11(7-12(13)18-14)15(20)17-8-10-3-5-16-6-4-10;/h1-3,7,16H,4-6,8-9H2,(H,17,20)(H,18,19);1H. The summed E-state index contributed by atoms with van der Waals surface area (Å²) in [6, 6.07) is 5.43. The number of carbonyl (C=O) groups is 2. The molecule has 0 saturated heterocycles. The van der Waals surface area contributed by atoms with E-state index in [1.807, 2.05) is 6.07 Å². The molecule has 7 heteroatoms. The molecule has 3 N–H and O–H groups in total. The first-order chi connectivity index (χ1) is 10.2. The first-order valence-corrected chi connectivity index (χ1v) is 7.94. The molecule has 0 aliphatic carbocycles. The molecule has 0 atom stereocenters. The maximum absolute atomic E-state index is 12.2. The smallest absolute Gasteiger partial charge is 0.251 e. The molecule has 1 aromatic carbocycles. The fourth-order valence-corrected chi connectivity index (χ4v) is 3.14. The fraction of sp³-hybridized carbons (Fsp3) is 0.333. The summed E-state index contributed by atoms with van der Waals surface area (Å²) in [6.45, 7) is 2.41. The Bertz CT molecular complexity index is 619. The highest BCUT2D eigenvalue weighted by atomic mass is 35.5. The molecule has 0 bridgehead atoms. The van der Waals surface area contributed by atoms with E-state index in [1.54, 1.807) is 12.1 Å². The van der Waals surface area contributed by atoms with Crippen molar-refractivity contribution in [3.63, 3.8) is 0 Å². The molecule has 118 valence electrons. The van der Waals surface area contributed by atoms with E-state index < -0.39 is 0 Å². The Hall–Kier alpha value is -1.50. The van der Waals surface area contributed by atoms with Crippen LogP contribution in [0.3, 0.4) is 0 Å². The van der Waals surface area contributed by atoms with E-state index in [2.05, 4.69) is 22.0 Å². The third-order valence-electron chi connectivity index (χ3n) is 3.51. The monoisotopic (exact) mass is 339 g/mol. The minimum Gasteiger partial charge on any atom is -0.348 e. The van der Waals surface area contributed by atoms with Crippen molar-refractivity contribution in [2.24, 2.45) is 0 Å². The van der Waals surface area contributed by atoms with Gasteiger partial charge in [-0.3, -0.25) is 9.59 Å². The maximum Gasteiger partial charge on any atom is 0.251 e. The number of nitrogens with one attached hydrogen (secondary N) is 3. The van der Waals surface area contributed by atoms with E-state index in [0.29, 0.717) is 17.9 Å². The summed E-state index contributed by atoms with van der Waals surface area (Å²) in [7, 11) is 0. The van der Waals surface area contributed by atoms with Crippen molar-refractivity contribution in [1.82, 2.24) is 10.6 Å². The highest BCUT2D eigenvalue weighted by molar-refractivity contribution is 8.00. The van der Waals surface area contributed by atoms with Gasteiger partial charge in [-0.05, 0) is 31.2 Å². The van der Waals surface area contributed by atoms with Gasteiger partial charge in [0.2, 0.25) is 5.91 Å². The van der Waals surface area contributed by atoms with Gasteiger partial charge in [0, 0.05) is 23.5 Å². The summed E-state index contributed by atoms with van der Waals surface area (Å²) in [4.78, 5) is 24.6. The number of hydrogen-bond acceptors (Lipinski definition) is 4. The number of benzene rings is 1. The zero-order valence-electron chi connectivity index (χ0n) is 12.0. The summed E-state index contributed by atoms with van der Waals surface area (Å²) in [6.07, 6.45) is 3.09. The lowest BCUT2D eigenvalue weighted by atomic mass is 10.1. The Morgan fingerprint density at radius 1 is 1.36 bits per heavy atom. The van der Waals surface area contributed by atoms with Crippen LogP contribution in [0.25, 0.3) is 0 Å². The summed E-state index contributed by atoms with van der Waals surface area (Å²) in [5, 5.41) is 8.97. The normalized spacial score (nSPS) is 16.7. The van der Waals surface area contributed by atoms with Crippen LogP contribution < -0.4 is 16.0 Å². The highest BCUT2D eigenvalue weighted by Gasteiger charge is 2.17. The van der Waals surface area contributed by atoms with Crippen molar-refractivity contribution in [3.8, 4) is 0 Å². The molecular weight excluding hydrogens is 322 g/mol. The third-order valence-corrected chi connectivity index (χ3v) is 4.58. The number of fused-ring (bicyclic) bond motifs is 1. The first kappa shape index (κ1) is 16.9. The molecule has 22 heavy (non-hydrogen) atoms. The molecule has 2 amide bonds. The van der Waals surface area contributed by atoms with Gasteiger partial charge in [-0.15, -0.1) is 24.2 Å². The zero-order valence-corrected chi connectivity index (χ0v) is 13.6. The van der Waals surface area contributed by atoms with E-state index in [9.17, 15) is 9.59 Å². The highest BCUT2D eigenvalue weighted by Crippen LogP contribution is 2.31. The molecule has 1 aromatic rings. The Morgan fingerprint density at radius 3 is 3.00 bits per heavy atom. The zero-order chi connectivity index (χ0) is 14.7. The number of rotatable bonds is 3. The minimum atomic E-state index is -0.109. The number of hydrogen-bond donors (Lipinski definition) is 3. The lowest BCUT2D eigenvalue weighted by molar-refractivity contribution is -0.113. The van der Waals surface area contributed by atoms with Crippen molar-refractivity contribution >= 4 is 41.7 Å². The van der Waals surface area contributed by atoms with Crippen LogP contribution in [0.2, 0.25) is 0 Å². The van der Waals surface area contributed by atoms with Crippen LogP contribution >= 0.6 is 24.2 Å². The topological polar surface area (TPSA) is 70.2 Å². The average Bonchev–Trinajstić information content (AvgIpc) is 2.53. The first-order valence-electron chi connectivity index (χ1n) is 6.96. The molecule has 2 aliphatic heterocycles. The molecule has 3 rings (SSSR count). The van der Waals surface area contributed by atoms with Gasteiger partial charge < -0.3 is 16.0 Å². The Kier molecular flexibility index (Phi) is 5.88. The van der Waals surface area contributed by atoms with E-state index in [0.717, 1.165) is 30.1 Å². The fourth-order valence-electron chi connectivity index (χ4n) is 2.35. The van der Waals surface area contributed by atoms with Gasteiger partial charge in [0.05, 0.1) is 11.4 Å². The van der Waals surface area contributed by atoms with Gasteiger partial charge >= 0.3 is 0 Å². The van der Waals surface area contributed by atoms with Gasteiger partial charge in [0.25, 0.3) is 5.91 Å². The Labute approximate surface area is 139 Å². The number of thioether (sulfide) groups is 1. The second kappa shape index (κ2) is 7.67. The van der Waals surface area contributed by atoms with E-state index in [-0.39, 0.29) is 24.2 Å². The Balaban J connectivity index is 0.00000176. The summed E-state index contributed by atoms with van der Waals surface area (Å²) < 4.78 is 0. The lowest BCUT2D eigenvalue weighted by Crippen LogP contribution is -2.29. The average molecular weight is 340 g/mol. The molecule has 0 spiro atoms. The van der Waals surface area contributed by atoms with Crippen molar-refractivity contribution in [3.05, 3.63) is 35.4 Å². The number of carbonyl (C=O) groups excluding carboxylic acids is 2. The van der Waals surface area contributed by atoms with Crippen LogP contribution in [-0.4, -0.2) is 37.2 Å². The summed E-state index contributed by atoms with van der Waals surface area (Å²) >= 11 is 1.49. The minimum absolute atomic E-state index is 0. The van der Waals surface area contributed by atoms with Crippen molar-refractivity contribution < 1.29 is 9.59 Å². The molecule has 0 saturated carbocycles. The SMILES string of the molecule is Cl.O=C1CSc2ccc(C(=O)NCC3=CCNCC3)cc2N1. The second-order valence-corrected chi connectivity index (χ2v) is 6.06. The van der Waals surface area contributed by atoms with Gasteiger partial charge in [0.1, 0.15) is 0 Å². The second-order valence-electron chi connectivity index (χ2n) is 5.05. The van der Waals surface area contributed by atoms with Gasteiger partial charge in [0.15, 0.2) is 0 Å². The van der Waals surface area contributed by atoms with Crippen LogP contribution in [0.5, 0.6) is 0 Å². The molecule has 0 radical (unpaired) electrons. The third kappa shape index (κ3) is 4.03. The number of amides is 2. The molecule has 0 aromatic heterocycles. The maximum atomic E-state index is 12.2. The Morgan fingerprint density at radius 2 is 2.23 bits per heavy atom. The van der Waals surface area contributed by atoms with Crippen LogP contribution in [-0.2, 0) is 4.79 Å². The van der Waals surface area contributed by atoms with Crippen LogP contribution in [0.1, 0.15) is 16.8 Å². The van der Waals surface area contributed by atoms with E-state index in [1.165, 1.54) is 17.3 Å². The van der Waals surface area contributed by atoms with Crippen LogP contribution in [0, 0.1) is 0 Å².